The zero-order valence-corrected chi connectivity index (χ0v) is 12.5. The lowest BCUT2D eigenvalue weighted by Gasteiger charge is -2.26. The Morgan fingerprint density at radius 1 is 1.42 bits per heavy atom. The van der Waals surface area contributed by atoms with E-state index in [-0.39, 0.29) is 0 Å². The molecule has 3 heteroatoms. The lowest BCUT2D eigenvalue weighted by molar-refractivity contribution is 0.268. The Hall–Kier alpha value is -1.06. The van der Waals surface area contributed by atoms with Gasteiger partial charge in [-0.25, -0.2) is 0 Å². The molecular weight excluding hydrogens is 236 g/mol. The zero-order valence-electron chi connectivity index (χ0n) is 12.5. The second-order valence-electron chi connectivity index (χ2n) is 5.81. The largest absolute Gasteiger partial charge is 0.497 e. The van der Waals surface area contributed by atoms with Crippen LogP contribution in [0.5, 0.6) is 5.75 Å². The van der Waals surface area contributed by atoms with Gasteiger partial charge in [0.15, 0.2) is 0 Å². The van der Waals surface area contributed by atoms with Gasteiger partial charge >= 0.3 is 0 Å². The third kappa shape index (κ3) is 3.48. The van der Waals surface area contributed by atoms with Gasteiger partial charge in [-0.1, -0.05) is 26.0 Å². The highest BCUT2D eigenvalue weighted by Crippen LogP contribution is 2.36. The standard InChI is InChI=1S/C16H26N2O/c1-12(2)17-11-14-8-9-18(3)16(14)13-6-5-7-15(10-13)19-4/h5-7,10,12,14,16-17H,8-9,11H2,1-4H3. The minimum Gasteiger partial charge on any atom is -0.497 e. The van der Waals surface area contributed by atoms with E-state index in [0.29, 0.717) is 18.0 Å². The number of rotatable bonds is 5. The summed E-state index contributed by atoms with van der Waals surface area (Å²) in [6.07, 6.45) is 1.26. The van der Waals surface area contributed by atoms with E-state index in [0.717, 1.165) is 12.3 Å². The Morgan fingerprint density at radius 3 is 2.89 bits per heavy atom. The molecule has 2 rings (SSSR count). The molecule has 106 valence electrons. The number of likely N-dealkylation sites (tertiary alicyclic amines) is 1. The molecule has 0 saturated carbocycles. The first kappa shape index (κ1) is 14.4. The number of nitrogens with one attached hydrogen (secondary N) is 1. The summed E-state index contributed by atoms with van der Waals surface area (Å²) in [6, 6.07) is 9.55. The van der Waals surface area contributed by atoms with Crippen molar-refractivity contribution in [1.29, 1.82) is 0 Å². The van der Waals surface area contributed by atoms with Crippen LogP contribution in [0.25, 0.3) is 0 Å². The first-order valence-electron chi connectivity index (χ1n) is 7.19. The molecule has 0 bridgehead atoms. The average molecular weight is 262 g/mol. The Morgan fingerprint density at radius 2 is 2.21 bits per heavy atom. The fourth-order valence-corrected chi connectivity index (χ4v) is 2.98. The molecule has 1 aliphatic rings. The molecular formula is C16H26N2O. The van der Waals surface area contributed by atoms with Gasteiger partial charge in [0.25, 0.3) is 0 Å². The summed E-state index contributed by atoms with van der Waals surface area (Å²) in [5.74, 6) is 1.63. The molecule has 1 fully saturated rings. The van der Waals surface area contributed by atoms with Crippen LogP contribution in [0, 0.1) is 5.92 Å². The lowest BCUT2D eigenvalue weighted by atomic mass is 9.93. The summed E-state index contributed by atoms with van der Waals surface area (Å²) in [5, 5.41) is 3.58. The Bertz CT molecular complexity index is 405. The van der Waals surface area contributed by atoms with Gasteiger partial charge in [-0.3, -0.25) is 4.90 Å². The predicted octanol–water partition coefficient (Wildman–Crippen LogP) is 2.69. The van der Waals surface area contributed by atoms with E-state index in [1.165, 1.54) is 18.5 Å². The van der Waals surface area contributed by atoms with E-state index in [9.17, 15) is 0 Å². The van der Waals surface area contributed by atoms with Gasteiger partial charge in [-0.05, 0) is 43.6 Å². The first-order valence-corrected chi connectivity index (χ1v) is 7.19. The van der Waals surface area contributed by atoms with Gasteiger partial charge in [0.2, 0.25) is 0 Å². The minimum atomic E-state index is 0.501. The smallest absolute Gasteiger partial charge is 0.119 e. The van der Waals surface area contributed by atoms with Crippen LogP contribution in [0.2, 0.25) is 0 Å². The summed E-state index contributed by atoms with van der Waals surface area (Å²) in [7, 11) is 3.95. The fourth-order valence-electron chi connectivity index (χ4n) is 2.98. The van der Waals surface area contributed by atoms with Crippen LogP contribution in [-0.4, -0.2) is 38.2 Å². The number of ether oxygens (including phenoxy) is 1. The van der Waals surface area contributed by atoms with Gasteiger partial charge in [0.05, 0.1) is 7.11 Å². The third-order valence-corrected chi connectivity index (χ3v) is 4.00. The van der Waals surface area contributed by atoms with E-state index in [4.69, 9.17) is 4.74 Å². The summed E-state index contributed by atoms with van der Waals surface area (Å²) in [4.78, 5) is 2.46. The highest BCUT2D eigenvalue weighted by Gasteiger charge is 2.32. The van der Waals surface area contributed by atoms with E-state index in [2.05, 4.69) is 49.3 Å². The summed E-state index contributed by atoms with van der Waals surface area (Å²) in [6.45, 7) is 6.68. The van der Waals surface area contributed by atoms with E-state index < -0.39 is 0 Å². The average Bonchev–Trinajstić information content (AvgIpc) is 2.77. The second-order valence-corrected chi connectivity index (χ2v) is 5.81. The van der Waals surface area contributed by atoms with Crippen molar-refractivity contribution in [3.63, 3.8) is 0 Å². The summed E-state index contributed by atoms with van der Waals surface area (Å²) >= 11 is 0. The maximum Gasteiger partial charge on any atom is 0.119 e. The van der Waals surface area contributed by atoms with Crippen molar-refractivity contribution < 1.29 is 4.74 Å². The molecule has 1 aromatic rings. The summed E-state index contributed by atoms with van der Waals surface area (Å²) in [5.41, 5.74) is 1.37. The van der Waals surface area contributed by atoms with Crippen LogP contribution in [0.4, 0.5) is 0 Å². The van der Waals surface area contributed by atoms with Gasteiger partial charge in [0.1, 0.15) is 5.75 Å². The molecule has 1 heterocycles. The Labute approximate surface area is 116 Å². The van der Waals surface area contributed by atoms with Crippen LogP contribution >= 0.6 is 0 Å². The molecule has 1 aromatic carbocycles. The zero-order chi connectivity index (χ0) is 13.8. The van der Waals surface area contributed by atoms with Crippen molar-refractivity contribution in [3.8, 4) is 5.75 Å². The molecule has 0 amide bonds. The van der Waals surface area contributed by atoms with Gasteiger partial charge in [0, 0.05) is 18.6 Å². The lowest BCUT2D eigenvalue weighted by Crippen LogP contribution is -2.32. The number of hydrogen-bond donors (Lipinski definition) is 1. The number of methoxy groups -OCH3 is 1. The first-order chi connectivity index (χ1) is 9.11. The summed E-state index contributed by atoms with van der Waals surface area (Å²) < 4.78 is 5.35. The maximum atomic E-state index is 5.35. The van der Waals surface area contributed by atoms with E-state index in [1.807, 2.05) is 6.07 Å². The van der Waals surface area contributed by atoms with E-state index in [1.54, 1.807) is 7.11 Å². The normalized spacial score (nSPS) is 24.1. The van der Waals surface area contributed by atoms with Crippen LogP contribution in [0.15, 0.2) is 24.3 Å². The fraction of sp³-hybridized carbons (Fsp3) is 0.625. The topological polar surface area (TPSA) is 24.5 Å². The van der Waals surface area contributed by atoms with Crippen molar-refractivity contribution in [2.75, 3.05) is 27.2 Å². The molecule has 0 radical (unpaired) electrons. The minimum absolute atomic E-state index is 0.501. The molecule has 1 N–H and O–H groups in total. The third-order valence-electron chi connectivity index (χ3n) is 4.00. The van der Waals surface area contributed by atoms with Crippen LogP contribution < -0.4 is 10.1 Å². The Balaban J connectivity index is 2.13. The second kappa shape index (κ2) is 6.40. The van der Waals surface area contributed by atoms with E-state index >= 15 is 0 Å². The highest BCUT2D eigenvalue weighted by atomic mass is 16.5. The molecule has 1 saturated heterocycles. The van der Waals surface area contributed by atoms with Gasteiger partial charge < -0.3 is 10.1 Å². The number of benzene rings is 1. The molecule has 0 aliphatic carbocycles. The van der Waals surface area contributed by atoms with Crippen LogP contribution in [-0.2, 0) is 0 Å². The predicted molar refractivity (Wildman–Crippen MR) is 79.6 cm³/mol. The molecule has 2 atom stereocenters. The molecule has 1 aliphatic heterocycles. The van der Waals surface area contributed by atoms with Crippen molar-refractivity contribution >= 4 is 0 Å². The van der Waals surface area contributed by atoms with Crippen molar-refractivity contribution in [2.24, 2.45) is 5.92 Å². The van der Waals surface area contributed by atoms with Gasteiger partial charge in [-0.15, -0.1) is 0 Å². The van der Waals surface area contributed by atoms with Crippen molar-refractivity contribution in [1.82, 2.24) is 10.2 Å². The van der Waals surface area contributed by atoms with Crippen LogP contribution in [0.3, 0.4) is 0 Å². The van der Waals surface area contributed by atoms with Crippen molar-refractivity contribution in [3.05, 3.63) is 29.8 Å². The molecule has 3 nitrogen and oxygen atoms in total. The number of hydrogen-bond acceptors (Lipinski definition) is 3. The molecule has 2 unspecified atom stereocenters. The quantitative estimate of drug-likeness (QED) is 0.883. The molecule has 0 spiro atoms. The highest BCUT2D eigenvalue weighted by molar-refractivity contribution is 5.31. The van der Waals surface area contributed by atoms with Crippen LogP contribution in [0.1, 0.15) is 31.9 Å². The monoisotopic (exact) mass is 262 g/mol. The van der Waals surface area contributed by atoms with Gasteiger partial charge in [-0.2, -0.15) is 0 Å². The SMILES string of the molecule is COc1cccc(C2C(CNC(C)C)CCN2C)c1. The maximum absolute atomic E-state index is 5.35. The number of nitrogens with zero attached hydrogens (tertiary/aromatic N) is 1. The molecule has 19 heavy (non-hydrogen) atoms. The Kier molecular flexibility index (Phi) is 4.83. The molecule has 0 aromatic heterocycles. The van der Waals surface area contributed by atoms with Crippen molar-refractivity contribution in [2.45, 2.75) is 32.4 Å².